The van der Waals surface area contributed by atoms with Crippen molar-refractivity contribution in [3.8, 4) is 5.75 Å². The molecule has 0 aliphatic rings. The summed E-state index contributed by atoms with van der Waals surface area (Å²) in [5.41, 5.74) is 0. The van der Waals surface area contributed by atoms with E-state index in [0.29, 0.717) is 0 Å². The molecule has 1 aromatic carbocycles. The summed E-state index contributed by atoms with van der Waals surface area (Å²) < 4.78 is 5.53. The normalized spacial score (nSPS) is 10.1. The maximum Gasteiger partial charge on any atom is 0.119 e. The molecule has 0 heterocycles. The smallest absolute Gasteiger partial charge is 0.119 e. The molecule has 0 saturated heterocycles. The van der Waals surface area contributed by atoms with Crippen molar-refractivity contribution in [2.45, 2.75) is 25.7 Å². The highest BCUT2D eigenvalue weighted by molar-refractivity contribution is 6.17. The first-order valence-corrected chi connectivity index (χ1v) is 5.62. The van der Waals surface area contributed by atoms with Gasteiger partial charge in [0.25, 0.3) is 0 Å². The minimum atomic E-state index is 0.773. The molecule has 0 N–H and O–H groups in total. The van der Waals surface area contributed by atoms with Gasteiger partial charge in [-0.05, 0) is 31.0 Å². The molecule has 0 spiro atoms. The maximum absolute atomic E-state index is 5.58. The van der Waals surface area contributed by atoms with Crippen molar-refractivity contribution in [2.24, 2.45) is 0 Å². The predicted molar refractivity (Wildman–Crippen MR) is 60.0 cm³/mol. The second kappa shape index (κ2) is 7.69. The molecule has 0 unspecified atom stereocenters. The van der Waals surface area contributed by atoms with Crippen molar-refractivity contribution in [1.82, 2.24) is 0 Å². The van der Waals surface area contributed by atoms with Crippen LogP contribution < -0.4 is 4.74 Å². The highest BCUT2D eigenvalue weighted by Crippen LogP contribution is 2.09. The highest BCUT2D eigenvalue weighted by atomic mass is 35.5. The van der Waals surface area contributed by atoms with Crippen LogP contribution in [0.25, 0.3) is 0 Å². The average Bonchev–Trinajstić information content (AvgIpc) is 2.25. The molecule has 1 radical (unpaired) electrons. The Morgan fingerprint density at radius 1 is 1.07 bits per heavy atom. The Morgan fingerprint density at radius 2 is 1.79 bits per heavy atom. The molecule has 1 aromatic rings. The van der Waals surface area contributed by atoms with Crippen molar-refractivity contribution in [1.29, 1.82) is 0 Å². The zero-order valence-corrected chi connectivity index (χ0v) is 9.09. The van der Waals surface area contributed by atoms with Crippen LogP contribution in [0.1, 0.15) is 25.7 Å². The van der Waals surface area contributed by atoms with Gasteiger partial charge in [-0.3, -0.25) is 0 Å². The third-order valence-electron chi connectivity index (χ3n) is 1.98. The summed E-state index contributed by atoms with van der Waals surface area (Å²) in [6, 6.07) is 10.5. The molecule has 0 saturated carbocycles. The lowest BCUT2D eigenvalue weighted by atomic mass is 10.2. The summed E-state index contributed by atoms with van der Waals surface area (Å²) in [7, 11) is 0. The Hall–Kier alpha value is -0.690. The van der Waals surface area contributed by atoms with Crippen LogP contribution in [0.2, 0.25) is 0 Å². The van der Waals surface area contributed by atoms with Gasteiger partial charge in [-0.2, -0.15) is 0 Å². The first-order valence-electron chi connectivity index (χ1n) is 5.08. The van der Waals surface area contributed by atoms with Gasteiger partial charge >= 0.3 is 0 Å². The van der Waals surface area contributed by atoms with E-state index < -0.39 is 0 Å². The van der Waals surface area contributed by atoms with Crippen molar-refractivity contribution < 1.29 is 4.74 Å². The van der Waals surface area contributed by atoms with E-state index in [2.05, 4.69) is 6.07 Å². The minimum Gasteiger partial charge on any atom is -0.494 e. The first kappa shape index (κ1) is 11.4. The maximum atomic E-state index is 5.58. The Labute approximate surface area is 91.0 Å². The summed E-state index contributed by atoms with van der Waals surface area (Å²) in [6.07, 6.45) is 4.62. The van der Waals surface area contributed by atoms with E-state index in [4.69, 9.17) is 16.3 Å². The summed E-state index contributed by atoms with van der Waals surface area (Å²) in [5.74, 6) is 1.70. The van der Waals surface area contributed by atoms with Crippen LogP contribution in [0.3, 0.4) is 0 Å². The summed E-state index contributed by atoms with van der Waals surface area (Å²) in [5, 5.41) is 0. The van der Waals surface area contributed by atoms with Crippen molar-refractivity contribution in [3.05, 3.63) is 30.3 Å². The zero-order valence-electron chi connectivity index (χ0n) is 8.34. The number of hydrogen-bond donors (Lipinski definition) is 0. The fourth-order valence-electron chi connectivity index (χ4n) is 1.21. The molecule has 2 heteroatoms. The molecule has 0 fully saturated rings. The van der Waals surface area contributed by atoms with E-state index in [-0.39, 0.29) is 0 Å². The van der Waals surface area contributed by atoms with Crippen LogP contribution in [-0.4, -0.2) is 12.5 Å². The third kappa shape index (κ3) is 5.13. The summed E-state index contributed by atoms with van der Waals surface area (Å²) in [6.45, 7) is 0.798. The van der Waals surface area contributed by atoms with E-state index in [1.165, 1.54) is 12.8 Å². The molecular formula is C12H16ClO. The Balaban J connectivity index is 1.99. The van der Waals surface area contributed by atoms with E-state index >= 15 is 0 Å². The van der Waals surface area contributed by atoms with Crippen molar-refractivity contribution in [2.75, 3.05) is 12.5 Å². The van der Waals surface area contributed by atoms with Crippen LogP contribution in [0, 0.1) is 6.07 Å². The van der Waals surface area contributed by atoms with E-state index in [1.807, 2.05) is 24.3 Å². The molecule has 0 bridgehead atoms. The number of halogens is 1. The quantitative estimate of drug-likeness (QED) is 0.494. The van der Waals surface area contributed by atoms with Gasteiger partial charge < -0.3 is 4.74 Å². The second-order valence-corrected chi connectivity index (χ2v) is 3.57. The first-order chi connectivity index (χ1) is 6.93. The summed E-state index contributed by atoms with van der Waals surface area (Å²) in [4.78, 5) is 0. The lowest BCUT2D eigenvalue weighted by molar-refractivity contribution is 0.305. The Kier molecular flexibility index (Phi) is 6.25. The second-order valence-electron chi connectivity index (χ2n) is 3.19. The monoisotopic (exact) mass is 211 g/mol. The predicted octanol–water partition coefficient (Wildman–Crippen LogP) is 3.66. The van der Waals surface area contributed by atoms with Crippen molar-refractivity contribution in [3.63, 3.8) is 0 Å². The topological polar surface area (TPSA) is 9.23 Å². The zero-order chi connectivity index (χ0) is 10.1. The molecule has 0 amide bonds. The van der Waals surface area contributed by atoms with E-state index in [9.17, 15) is 0 Å². The summed E-state index contributed by atoms with van der Waals surface area (Å²) >= 11 is 5.58. The van der Waals surface area contributed by atoms with Crippen LogP contribution in [0.4, 0.5) is 0 Å². The van der Waals surface area contributed by atoms with Gasteiger partial charge in [0, 0.05) is 5.88 Å². The number of unbranched alkanes of at least 4 members (excludes halogenated alkanes) is 3. The molecule has 1 rings (SSSR count). The number of hydrogen-bond acceptors (Lipinski definition) is 1. The number of rotatable bonds is 7. The van der Waals surface area contributed by atoms with Crippen LogP contribution in [0.15, 0.2) is 24.3 Å². The molecule has 0 aliphatic heterocycles. The molecule has 0 atom stereocenters. The third-order valence-corrected chi connectivity index (χ3v) is 2.25. The van der Waals surface area contributed by atoms with Crippen LogP contribution >= 0.6 is 11.6 Å². The Morgan fingerprint density at radius 3 is 2.50 bits per heavy atom. The fourth-order valence-corrected chi connectivity index (χ4v) is 1.40. The SMILES string of the molecule is ClCCCCCCOc1cc[c]cc1. The van der Waals surface area contributed by atoms with Gasteiger partial charge in [0.15, 0.2) is 0 Å². The van der Waals surface area contributed by atoms with Gasteiger partial charge in [-0.25, -0.2) is 0 Å². The average molecular weight is 212 g/mol. The molecule has 77 valence electrons. The van der Waals surface area contributed by atoms with E-state index in [1.54, 1.807) is 0 Å². The molecule has 14 heavy (non-hydrogen) atoms. The number of benzene rings is 1. The van der Waals surface area contributed by atoms with Gasteiger partial charge in [-0.1, -0.05) is 25.0 Å². The van der Waals surface area contributed by atoms with Gasteiger partial charge in [0.05, 0.1) is 6.61 Å². The largest absolute Gasteiger partial charge is 0.494 e. The lowest BCUT2D eigenvalue weighted by Crippen LogP contribution is -1.96. The molecule has 0 aliphatic carbocycles. The molecular weight excluding hydrogens is 196 g/mol. The standard InChI is InChI=1S/C12H16ClO/c13-10-6-1-2-7-11-14-12-8-4-3-5-9-12/h4-5,8-9H,1-2,6-7,10-11H2. The fraction of sp³-hybridized carbons (Fsp3) is 0.500. The van der Waals surface area contributed by atoms with Gasteiger partial charge in [0.1, 0.15) is 5.75 Å². The van der Waals surface area contributed by atoms with Crippen molar-refractivity contribution >= 4 is 11.6 Å². The van der Waals surface area contributed by atoms with Crippen LogP contribution in [0.5, 0.6) is 5.75 Å². The number of alkyl halides is 1. The van der Waals surface area contributed by atoms with E-state index in [0.717, 1.165) is 31.1 Å². The van der Waals surface area contributed by atoms with Crippen LogP contribution in [-0.2, 0) is 0 Å². The van der Waals surface area contributed by atoms with Gasteiger partial charge in [0.2, 0.25) is 0 Å². The highest BCUT2D eigenvalue weighted by Gasteiger charge is 1.92. The Bertz CT molecular complexity index is 223. The number of ether oxygens (including phenoxy) is 1. The minimum absolute atomic E-state index is 0.773. The molecule has 0 aromatic heterocycles. The van der Waals surface area contributed by atoms with Gasteiger partial charge in [-0.15, -0.1) is 11.6 Å². The lowest BCUT2D eigenvalue weighted by Gasteiger charge is -2.04. The molecule has 1 nitrogen and oxygen atoms in total.